The highest BCUT2D eigenvalue weighted by molar-refractivity contribution is 5.85. The van der Waals surface area contributed by atoms with E-state index < -0.39 is 0 Å². The van der Waals surface area contributed by atoms with Gasteiger partial charge in [0.2, 0.25) is 0 Å². The molecular formula is C18H29ClN2. The number of rotatable bonds is 9. The predicted octanol–water partition coefficient (Wildman–Crippen LogP) is 4.79. The third-order valence-corrected chi connectivity index (χ3v) is 3.98. The van der Waals surface area contributed by atoms with Crippen molar-refractivity contribution in [1.82, 2.24) is 4.90 Å². The van der Waals surface area contributed by atoms with E-state index in [4.69, 9.17) is 0 Å². The monoisotopic (exact) mass is 308 g/mol. The highest BCUT2D eigenvalue weighted by Crippen LogP contribution is 2.33. The van der Waals surface area contributed by atoms with Crippen LogP contribution < -0.4 is 0 Å². The normalized spacial score (nSPS) is 13.3. The van der Waals surface area contributed by atoms with Gasteiger partial charge in [-0.25, -0.2) is 0 Å². The van der Waals surface area contributed by atoms with Crippen molar-refractivity contribution >= 4 is 12.4 Å². The molecule has 0 saturated heterocycles. The summed E-state index contributed by atoms with van der Waals surface area (Å²) in [4.78, 5) is 2.17. The summed E-state index contributed by atoms with van der Waals surface area (Å²) < 4.78 is 0. The fourth-order valence-electron chi connectivity index (χ4n) is 2.62. The number of hydrogen-bond acceptors (Lipinski definition) is 2. The molecule has 1 unspecified atom stereocenters. The molecule has 0 aliphatic carbocycles. The van der Waals surface area contributed by atoms with Crippen LogP contribution in [0.1, 0.15) is 51.0 Å². The number of hydrogen-bond donors (Lipinski definition) is 0. The third-order valence-electron chi connectivity index (χ3n) is 3.98. The maximum absolute atomic E-state index is 9.83. The van der Waals surface area contributed by atoms with Crippen molar-refractivity contribution in [2.24, 2.45) is 0 Å². The quantitative estimate of drug-likeness (QED) is 0.613. The number of benzene rings is 1. The minimum Gasteiger partial charge on any atom is -0.309 e. The minimum atomic E-state index is -0.320. The van der Waals surface area contributed by atoms with E-state index in [0.29, 0.717) is 0 Å². The number of halogens is 1. The van der Waals surface area contributed by atoms with Crippen LogP contribution in [0.15, 0.2) is 30.3 Å². The molecule has 0 fully saturated rings. The lowest BCUT2D eigenvalue weighted by Gasteiger charge is -2.28. The molecule has 0 N–H and O–H groups in total. The molecule has 1 aromatic rings. The Labute approximate surface area is 136 Å². The van der Waals surface area contributed by atoms with Crippen LogP contribution in [0.3, 0.4) is 0 Å². The average Bonchev–Trinajstić information content (AvgIpc) is 2.48. The summed E-state index contributed by atoms with van der Waals surface area (Å²) in [7, 11) is 4.15. The molecule has 0 spiro atoms. The summed E-state index contributed by atoms with van der Waals surface area (Å²) in [6, 6.07) is 13.0. The minimum absolute atomic E-state index is 0. The lowest BCUT2D eigenvalue weighted by Crippen LogP contribution is -2.29. The van der Waals surface area contributed by atoms with Gasteiger partial charge in [-0.1, -0.05) is 62.9 Å². The molecule has 0 bridgehead atoms. The Morgan fingerprint density at radius 1 is 1.05 bits per heavy atom. The van der Waals surface area contributed by atoms with Crippen LogP contribution in [-0.4, -0.2) is 25.5 Å². The van der Waals surface area contributed by atoms with E-state index in [2.05, 4.69) is 44.1 Å². The second-order valence-electron chi connectivity index (χ2n) is 5.92. The molecule has 118 valence electrons. The summed E-state index contributed by atoms with van der Waals surface area (Å²) in [6.07, 6.45) is 6.76. The Bertz CT molecular complexity index is 411. The molecule has 0 saturated carbocycles. The Hall–Kier alpha value is -1.04. The van der Waals surface area contributed by atoms with Gasteiger partial charge in [-0.05, 0) is 39.0 Å². The predicted molar refractivity (Wildman–Crippen MR) is 92.9 cm³/mol. The van der Waals surface area contributed by atoms with Crippen LogP contribution >= 0.6 is 12.4 Å². The van der Waals surface area contributed by atoms with Crippen molar-refractivity contribution in [3.8, 4) is 6.07 Å². The third kappa shape index (κ3) is 6.50. The van der Waals surface area contributed by atoms with Crippen LogP contribution in [0.4, 0.5) is 0 Å². The summed E-state index contributed by atoms with van der Waals surface area (Å²) in [6.45, 7) is 3.18. The fraction of sp³-hybridized carbons (Fsp3) is 0.611. The number of nitrogens with zero attached hydrogens (tertiary/aromatic N) is 2. The Morgan fingerprint density at radius 2 is 1.71 bits per heavy atom. The topological polar surface area (TPSA) is 27.0 Å². The Kier molecular flexibility index (Phi) is 10.1. The molecule has 3 heteroatoms. The second kappa shape index (κ2) is 10.7. The zero-order valence-corrected chi connectivity index (χ0v) is 14.5. The first-order valence-electron chi connectivity index (χ1n) is 7.76. The van der Waals surface area contributed by atoms with Gasteiger partial charge in [0.15, 0.2) is 0 Å². The zero-order valence-electron chi connectivity index (χ0n) is 13.6. The van der Waals surface area contributed by atoms with Gasteiger partial charge >= 0.3 is 0 Å². The first-order chi connectivity index (χ1) is 9.64. The summed E-state index contributed by atoms with van der Waals surface area (Å²) in [5.41, 5.74) is 0.861. The first-order valence-corrected chi connectivity index (χ1v) is 7.76. The van der Waals surface area contributed by atoms with Crippen molar-refractivity contribution in [2.75, 3.05) is 20.6 Å². The molecule has 1 rings (SSSR count). The molecule has 0 heterocycles. The van der Waals surface area contributed by atoms with Crippen molar-refractivity contribution in [1.29, 1.82) is 5.26 Å². The molecule has 0 aromatic heterocycles. The fourth-order valence-corrected chi connectivity index (χ4v) is 2.62. The van der Waals surface area contributed by atoms with E-state index in [1.165, 1.54) is 24.8 Å². The van der Waals surface area contributed by atoms with Crippen LogP contribution in [0.5, 0.6) is 0 Å². The van der Waals surface area contributed by atoms with Gasteiger partial charge in [0.1, 0.15) is 0 Å². The molecular weight excluding hydrogens is 280 g/mol. The highest BCUT2D eigenvalue weighted by Gasteiger charge is 2.31. The van der Waals surface area contributed by atoms with Crippen molar-refractivity contribution in [3.05, 3.63) is 35.9 Å². The van der Waals surface area contributed by atoms with E-state index in [1.54, 1.807) is 0 Å². The summed E-state index contributed by atoms with van der Waals surface area (Å²) >= 11 is 0. The van der Waals surface area contributed by atoms with Gasteiger partial charge in [0.25, 0.3) is 0 Å². The van der Waals surface area contributed by atoms with Gasteiger partial charge in [-0.2, -0.15) is 5.26 Å². The lowest BCUT2D eigenvalue weighted by molar-refractivity contribution is 0.336. The standard InChI is InChI=1S/C18H28N2.ClH/c1-4-5-6-10-13-18(16-19,14-15-20(2)3)17-11-8-7-9-12-17;/h7-9,11-12H,4-6,10,13-15H2,1-3H3;1H. The summed E-state index contributed by atoms with van der Waals surface area (Å²) in [5, 5.41) is 9.83. The highest BCUT2D eigenvalue weighted by atomic mass is 35.5. The van der Waals surface area contributed by atoms with E-state index in [0.717, 1.165) is 25.8 Å². The van der Waals surface area contributed by atoms with Gasteiger partial charge in [-0.15, -0.1) is 12.4 Å². The van der Waals surface area contributed by atoms with E-state index in [1.807, 2.05) is 18.2 Å². The smallest absolute Gasteiger partial charge is 0.0834 e. The van der Waals surface area contributed by atoms with Crippen LogP contribution in [0.2, 0.25) is 0 Å². The Morgan fingerprint density at radius 3 is 2.24 bits per heavy atom. The van der Waals surface area contributed by atoms with Crippen molar-refractivity contribution in [2.45, 2.75) is 50.9 Å². The van der Waals surface area contributed by atoms with Crippen LogP contribution in [0.25, 0.3) is 0 Å². The van der Waals surface area contributed by atoms with E-state index in [9.17, 15) is 5.26 Å². The van der Waals surface area contributed by atoms with Gasteiger partial charge in [0, 0.05) is 0 Å². The van der Waals surface area contributed by atoms with Crippen molar-refractivity contribution in [3.63, 3.8) is 0 Å². The van der Waals surface area contributed by atoms with Crippen LogP contribution in [0, 0.1) is 11.3 Å². The van der Waals surface area contributed by atoms with Crippen LogP contribution in [-0.2, 0) is 5.41 Å². The second-order valence-corrected chi connectivity index (χ2v) is 5.92. The average molecular weight is 309 g/mol. The molecule has 1 atom stereocenters. The SMILES string of the molecule is CCCCCCC(C#N)(CCN(C)C)c1ccccc1.Cl. The first kappa shape index (κ1) is 20.0. The molecule has 0 amide bonds. The van der Waals surface area contributed by atoms with Gasteiger partial charge in [0.05, 0.1) is 11.5 Å². The molecule has 0 aliphatic heterocycles. The van der Waals surface area contributed by atoms with Gasteiger partial charge < -0.3 is 4.90 Å². The number of unbranched alkanes of at least 4 members (excludes halogenated alkanes) is 3. The van der Waals surface area contributed by atoms with Gasteiger partial charge in [-0.3, -0.25) is 0 Å². The van der Waals surface area contributed by atoms with Crippen molar-refractivity contribution < 1.29 is 0 Å². The maximum Gasteiger partial charge on any atom is 0.0834 e. The molecule has 0 aliphatic rings. The van der Waals surface area contributed by atoms with E-state index in [-0.39, 0.29) is 17.8 Å². The number of nitriles is 1. The lowest BCUT2D eigenvalue weighted by atomic mass is 9.75. The Balaban J connectivity index is 0.00000400. The molecule has 0 radical (unpaired) electrons. The maximum atomic E-state index is 9.83. The molecule has 2 nitrogen and oxygen atoms in total. The molecule has 21 heavy (non-hydrogen) atoms. The zero-order chi connectivity index (χ0) is 14.8. The molecule has 1 aromatic carbocycles. The summed E-state index contributed by atoms with van der Waals surface area (Å²) in [5.74, 6) is 0. The largest absolute Gasteiger partial charge is 0.309 e. The van der Waals surface area contributed by atoms with E-state index >= 15 is 0 Å².